The van der Waals surface area contributed by atoms with Gasteiger partial charge in [0.15, 0.2) is 5.54 Å². The van der Waals surface area contributed by atoms with Crippen LogP contribution in [0.1, 0.15) is 32.6 Å². The quantitative estimate of drug-likeness (QED) is 0.314. The number of hydrogen-bond donors (Lipinski definition) is 1. The molecule has 192 valence electrons. The van der Waals surface area contributed by atoms with Gasteiger partial charge in [0.1, 0.15) is 25.3 Å². The number of fused-ring (bicyclic) bond motifs is 1. The van der Waals surface area contributed by atoms with E-state index in [9.17, 15) is 10.1 Å². The lowest BCUT2D eigenvalue weighted by atomic mass is 9.70. The smallest absolute Gasteiger partial charge is 0.404 e. The number of nitriles is 1. The highest BCUT2D eigenvalue weighted by molar-refractivity contribution is 6.76. The van der Waals surface area contributed by atoms with Crippen LogP contribution in [0.5, 0.6) is 0 Å². The van der Waals surface area contributed by atoms with Crippen LogP contribution in [-0.4, -0.2) is 51.7 Å². The predicted molar refractivity (Wildman–Crippen MR) is 139 cm³/mol. The zero-order valence-corrected chi connectivity index (χ0v) is 22.5. The Morgan fingerprint density at radius 3 is 2.72 bits per heavy atom. The predicted octanol–water partition coefficient (Wildman–Crippen LogP) is 4.50. The number of hydrogen-bond acceptors (Lipinski definition) is 7. The van der Waals surface area contributed by atoms with E-state index in [1.807, 2.05) is 30.0 Å². The monoisotopic (exact) mass is 509 g/mol. The van der Waals surface area contributed by atoms with Crippen LogP contribution < -0.4 is 5.73 Å². The third kappa shape index (κ3) is 5.01. The number of nitrogens with two attached hydrogens (primary N) is 1. The van der Waals surface area contributed by atoms with Crippen LogP contribution >= 0.6 is 0 Å². The van der Waals surface area contributed by atoms with Gasteiger partial charge >= 0.3 is 6.09 Å². The van der Waals surface area contributed by atoms with E-state index in [0.717, 1.165) is 60.6 Å². The number of carbonyl (C=O) groups is 1. The molecule has 1 atom stereocenters. The second kappa shape index (κ2) is 10.0. The zero-order valence-electron chi connectivity index (χ0n) is 21.5. The number of amides is 1. The highest BCUT2D eigenvalue weighted by atomic mass is 28.3. The van der Waals surface area contributed by atoms with Gasteiger partial charge in [-0.3, -0.25) is 4.68 Å². The fraction of sp³-hybridized carbons (Fsp3) is 0.560. The van der Waals surface area contributed by atoms with Crippen molar-refractivity contribution >= 4 is 25.2 Å². The van der Waals surface area contributed by atoms with Crippen molar-refractivity contribution in [2.75, 3.05) is 13.2 Å². The number of nitrogens with zero attached hydrogens (tertiary/aromatic N) is 6. The van der Waals surface area contributed by atoms with Crippen molar-refractivity contribution in [2.45, 2.75) is 70.6 Å². The molecule has 1 unspecified atom stereocenters. The lowest BCUT2D eigenvalue weighted by Gasteiger charge is -2.41. The van der Waals surface area contributed by atoms with E-state index in [4.69, 9.17) is 15.2 Å². The largest absolute Gasteiger partial charge is 0.449 e. The highest BCUT2D eigenvalue weighted by Gasteiger charge is 2.53. The Morgan fingerprint density at radius 1 is 1.31 bits per heavy atom. The van der Waals surface area contributed by atoms with Crippen molar-refractivity contribution in [3.05, 3.63) is 31.0 Å². The second-order valence-corrected chi connectivity index (χ2v) is 16.7. The van der Waals surface area contributed by atoms with Gasteiger partial charge in [0.2, 0.25) is 0 Å². The van der Waals surface area contributed by atoms with Crippen LogP contribution in [0.25, 0.3) is 22.3 Å². The Labute approximate surface area is 212 Å². The molecule has 1 aliphatic rings. The lowest BCUT2D eigenvalue weighted by Crippen LogP contribution is -2.49. The first-order chi connectivity index (χ1) is 17.1. The van der Waals surface area contributed by atoms with E-state index in [-0.39, 0.29) is 6.61 Å². The summed E-state index contributed by atoms with van der Waals surface area (Å²) in [5.41, 5.74) is 5.96. The molecule has 4 rings (SSSR count). The maximum absolute atomic E-state index is 11.4. The van der Waals surface area contributed by atoms with Gasteiger partial charge in [0.25, 0.3) is 0 Å². The second-order valence-electron chi connectivity index (χ2n) is 11.0. The van der Waals surface area contributed by atoms with Crippen molar-refractivity contribution in [1.82, 2.24) is 24.3 Å². The normalized spacial score (nSPS) is 17.1. The average Bonchev–Trinajstić information content (AvgIpc) is 3.60. The third-order valence-electron chi connectivity index (χ3n) is 7.40. The summed E-state index contributed by atoms with van der Waals surface area (Å²) in [5, 5.41) is 15.8. The number of rotatable bonds is 10. The Balaban J connectivity index is 1.61. The molecule has 0 spiro atoms. The summed E-state index contributed by atoms with van der Waals surface area (Å²) < 4.78 is 14.8. The zero-order chi connectivity index (χ0) is 26.0. The van der Waals surface area contributed by atoms with E-state index >= 15 is 0 Å². The molecule has 0 aromatic carbocycles. The molecule has 1 amide bonds. The van der Waals surface area contributed by atoms with Crippen LogP contribution in [0.3, 0.4) is 0 Å². The SMILES string of the molecule is CC(C#N)(n1cc(-c2ncnc3c2ccn3COCC[Si](C)(C)C)cn1)C1(COC(N)=O)CCCC1. The van der Waals surface area contributed by atoms with Crippen molar-refractivity contribution in [1.29, 1.82) is 5.26 Å². The van der Waals surface area contributed by atoms with Crippen molar-refractivity contribution in [3.8, 4) is 17.3 Å². The molecule has 3 aromatic rings. The fourth-order valence-corrected chi connectivity index (χ4v) is 5.77. The molecule has 10 nitrogen and oxygen atoms in total. The van der Waals surface area contributed by atoms with Gasteiger partial charge in [-0.2, -0.15) is 10.4 Å². The number of carbonyl (C=O) groups excluding carboxylic acids is 1. The maximum Gasteiger partial charge on any atom is 0.404 e. The van der Waals surface area contributed by atoms with Gasteiger partial charge in [-0.15, -0.1) is 0 Å². The Kier molecular flexibility index (Phi) is 7.20. The van der Waals surface area contributed by atoms with Crippen molar-refractivity contribution in [3.63, 3.8) is 0 Å². The van der Waals surface area contributed by atoms with Crippen molar-refractivity contribution < 1.29 is 14.3 Å². The van der Waals surface area contributed by atoms with E-state index < -0.39 is 25.1 Å². The molecule has 1 fully saturated rings. The number of ether oxygens (including phenoxy) is 2. The molecule has 0 saturated heterocycles. The maximum atomic E-state index is 11.4. The topological polar surface area (TPSA) is 134 Å². The molecule has 1 saturated carbocycles. The fourth-order valence-electron chi connectivity index (χ4n) is 5.01. The van der Waals surface area contributed by atoms with E-state index in [1.54, 1.807) is 10.9 Å². The molecule has 3 aromatic heterocycles. The summed E-state index contributed by atoms with van der Waals surface area (Å²) in [6.07, 6.45) is 9.62. The minimum atomic E-state index is -1.15. The summed E-state index contributed by atoms with van der Waals surface area (Å²) in [4.78, 5) is 20.4. The Hall–Kier alpha value is -3.23. The van der Waals surface area contributed by atoms with Gasteiger partial charge in [0, 0.05) is 43.4 Å². The van der Waals surface area contributed by atoms with Crippen LogP contribution in [0.2, 0.25) is 25.7 Å². The molecule has 0 aliphatic heterocycles. The minimum Gasteiger partial charge on any atom is -0.449 e. The van der Waals surface area contributed by atoms with Gasteiger partial charge in [0.05, 0.1) is 18.0 Å². The van der Waals surface area contributed by atoms with Crippen LogP contribution in [0.4, 0.5) is 4.79 Å². The summed E-state index contributed by atoms with van der Waals surface area (Å²) >= 11 is 0. The molecule has 36 heavy (non-hydrogen) atoms. The summed E-state index contributed by atoms with van der Waals surface area (Å²) in [6.45, 7) is 10.1. The average molecular weight is 510 g/mol. The van der Waals surface area contributed by atoms with E-state index in [1.165, 1.54) is 6.33 Å². The van der Waals surface area contributed by atoms with Crippen molar-refractivity contribution in [2.24, 2.45) is 11.1 Å². The summed E-state index contributed by atoms with van der Waals surface area (Å²) in [6, 6.07) is 5.55. The molecule has 1 aliphatic carbocycles. The van der Waals surface area contributed by atoms with Gasteiger partial charge in [-0.05, 0) is 31.9 Å². The standard InChI is InChI=1S/C25H35N7O3Si/c1-24(15-26,25(8-5-6-9-25)16-35-23(27)33)32-14-19(13-30-32)21-20-7-10-31(22(20)29-17-28-21)18-34-11-12-36(2,3)4/h7,10,13-14,17H,5-6,8-9,11-12,16,18H2,1-4H3,(H2,27,33). The molecular weight excluding hydrogens is 474 g/mol. The van der Waals surface area contributed by atoms with Crippen LogP contribution in [-0.2, 0) is 21.7 Å². The molecule has 11 heteroatoms. The van der Waals surface area contributed by atoms with Crippen LogP contribution in [0.15, 0.2) is 31.0 Å². The van der Waals surface area contributed by atoms with E-state index in [0.29, 0.717) is 6.73 Å². The van der Waals surface area contributed by atoms with Gasteiger partial charge < -0.3 is 19.8 Å². The molecular formula is C25H35N7O3Si. The highest BCUT2D eigenvalue weighted by Crippen LogP contribution is 2.50. The number of aromatic nitrogens is 5. The molecule has 0 radical (unpaired) electrons. The molecule has 2 N–H and O–H groups in total. The molecule has 3 heterocycles. The van der Waals surface area contributed by atoms with Crippen LogP contribution in [0, 0.1) is 16.7 Å². The Morgan fingerprint density at radius 2 is 2.06 bits per heavy atom. The molecule has 0 bridgehead atoms. The number of primary amides is 1. The van der Waals surface area contributed by atoms with Gasteiger partial charge in [-0.1, -0.05) is 32.5 Å². The lowest BCUT2D eigenvalue weighted by molar-refractivity contribution is 0.0219. The third-order valence-corrected chi connectivity index (χ3v) is 9.10. The Bertz CT molecular complexity index is 1270. The summed E-state index contributed by atoms with van der Waals surface area (Å²) in [7, 11) is -1.15. The summed E-state index contributed by atoms with van der Waals surface area (Å²) in [5.74, 6) is 0. The first-order valence-electron chi connectivity index (χ1n) is 12.4. The first kappa shape index (κ1) is 25.8. The van der Waals surface area contributed by atoms with Gasteiger partial charge in [-0.25, -0.2) is 14.8 Å². The first-order valence-corrected chi connectivity index (χ1v) is 16.1. The van der Waals surface area contributed by atoms with E-state index in [2.05, 4.69) is 40.8 Å². The minimum absolute atomic E-state index is 0.0832.